The van der Waals surface area contributed by atoms with Crippen molar-refractivity contribution in [3.05, 3.63) is 12.2 Å². The molecule has 0 nitrogen and oxygen atoms in total. The minimum absolute atomic E-state index is 0.936. The van der Waals surface area contributed by atoms with Crippen molar-refractivity contribution in [1.29, 1.82) is 0 Å². The zero-order valence-electron chi connectivity index (χ0n) is 12.6. The number of unbranched alkanes of at least 4 members (excludes halogenated alkanes) is 9. The highest BCUT2D eigenvalue weighted by Crippen LogP contribution is 2.10. The molecule has 0 aromatic rings. The van der Waals surface area contributed by atoms with E-state index in [1.54, 1.807) is 0 Å². The highest BCUT2D eigenvalue weighted by Gasteiger charge is 1.90. The van der Waals surface area contributed by atoms with Gasteiger partial charge in [0.25, 0.3) is 0 Å². The standard InChI is InChI=1S/C18H32/c1-3-5-7-9-11-13-15-17-18-16-14-12-10-8-6-4-2/h5,7H,3-4,6,8-10,12,14-18H2,1-2H3/b7-5+. The molecule has 0 aliphatic rings. The van der Waals surface area contributed by atoms with Crippen molar-refractivity contribution in [1.82, 2.24) is 0 Å². The van der Waals surface area contributed by atoms with Gasteiger partial charge in [0, 0.05) is 12.8 Å². The highest BCUT2D eigenvalue weighted by atomic mass is 14.0. The lowest BCUT2D eigenvalue weighted by Gasteiger charge is -2.00. The largest absolute Gasteiger partial charge is 0.103 e. The van der Waals surface area contributed by atoms with Gasteiger partial charge in [0.2, 0.25) is 0 Å². The first-order valence-electron chi connectivity index (χ1n) is 8.02. The van der Waals surface area contributed by atoms with E-state index in [0.717, 1.165) is 19.3 Å². The quantitative estimate of drug-likeness (QED) is 0.230. The first-order chi connectivity index (χ1) is 8.91. The van der Waals surface area contributed by atoms with Gasteiger partial charge in [-0.25, -0.2) is 0 Å². The van der Waals surface area contributed by atoms with Crippen LogP contribution in [-0.2, 0) is 0 Å². The fourth-order valence-electron chi connectivity index (χ4n) is 1.99. The van der Waals surface area contributed by atoms with E-state index in [2.05, 4.69) is 37.8 Å². The molecule has 0 aromatic heterocycles. The topological polar surface area (TPSA) is 0 Å². The van der Waals surface area contributed by atoms with Crippen molar-refractivity contribution in [2.75, 3.05) is 0 Å². The van der Waals surface area contributed by atoms with Gasteiger partial charge in [0.1, 0.15) is 0 Å². The highest BCUT2D eigenvalue weighted by molar-refractivity contribution is 5.04. The van der Waals surface area contributed by atoms with Crippen LogP contribution in [0.1, 0.15) is 90.9 Å². The molecule has 0 aliphatic carbocycles. The Bertz CT molecular complexity index is 226. The normalized spacial score (nSPS) is 10.6. The number of allylic oxidation sites excluding steroid dienone is 2. The molecule has 0 heterocycles. The molecule has 0 amide bonds. The van der Waals surface area contributed by atoms with Crippen LogP contribution in [0.15, 0.2) is 12.2 Å². The molecule has 0 heteroatoms. The van der Waals surface area contributed by atoms with Crippen LogP contribution in [0.4, 0.5) is 0 Å². The van der Waals surface area contributed by atoms with E-state index < -0.39 is 0 Å². The van der Waals surface area contributed by atoms with Gasteiger partial charge in [-0.2, -0.15) is 0 Å². The van der Waals surface area contributed by atoms with Crippen molar-refractivity contribution in [2.45, 2.75) is 90.9 Å². The van der Waals surface area contributed by atoms with Gasteiger partial charge in [-0.15, -0.1) is 5.92 Å². The molecule has 0 saturated carbocycles. The van der Waals surface area contributed by atoms with E-state index in [0.29, 0.717) is 0 Å². The lowest BCUT2D eigenvalue weighted by atomic mass is 10.1. The lowest BCUT2D eigenvalue weighted by molar-refractivity contribution is 0.567. The van der Waals surface area contributed by atoms with Crippen molar-refractivity contribution < 1.29 is 0 Å². The van der Waals surface area contributed by atoms with Gasteiger partial charge in [0.05, 0.1) is 0 Å². The van der Waals surface area contributed by atoms with E-state index in [4.69, 9.17) is 0 Å². The Morgan fingerprint density at radius 2 is 1.28 bits per heavy atom. The Kier molecular flexibility index (Phi) is 15.7. The Hall–Kier alpha value is -0.700. The molecule has 0 rings (SSSR count). The molecular weight excluding hydrogens is 216 g/mol. The van der Waals surface area contributed by atoms with E-state index in [-0.39, 0.29) is 0 Å². The number of rotatable bonds is 11. The van der Waals surface area contributed by atoms with Gasteiger partial charge >= 0.3 is 0 Å². The Labute approximate surface area is 115 Å². The summed E-state index contributed by atoms with van der Waals surface area (Å²) in [7, 11) is 0. The minimum Gasteiger partial charge on any atom is -0.103 e. The second-order valence-corrected chi connectivity index (χ2v) is 5.02. The van der Waals surface area contributed by atoms with E-state index in [9.17, 15) is 0 Å². The zero-order valence-corrected chi connectivity index (χ0v) is 12.6. The van der Waals surface area contributed by atoms with Gasteiger partial charge < -0.3 is 0 Å². The van der Waals surface area contributed by atoms with Gasteiger partial charge in [-0.3, -0.25) is 0 Å². The third-order valence-corrected chi connectivity index (χ3v) is 3.15. The smallest absolute Gasteiger partial charge is 0.0269 e. The molecule has 0 unspecified atom stereocenters. The molecule has 0 N–H and O–H groups in total. The van der Waals surface area contributed by atoms with Crippen LogP contribution in [0.3, 0.4) is 0 Å². The Balaban J connectivity index is 3.09. The average Bonchev–Trinajstić information content (AvgIpc) is 2.39. The van der Waals surface area contributed by atoms with E-state index in [1.165, 1.54) is 57.8 Å². The summed E-state index contributed by atoms with van der Waals surface area (Å²) in [6.07, 6.45) is 20.1. The summed E-state index contributed by atoms with van der Waals surface area (Å²) in [6.45, 7) is 4.44. The summed E-state index contributed by atoms with van der Waals surface area (Å²) in [5.41, 5.74) is 0. The zero-order chi connectivity index (χ0) is 13.3. The fourth-order valence-corrected chi connectivity index (χ4v) is 1.99. The molecule has 0 atom stereocenters. The minimum atomic E-state index is 0.936. The molecule has 0 bridgehead atoms. The Morgan fingerprint density at radius 1 is 0.667 bits per heavy atom. The first-order valence-corrected chi connectivity index (χ1v) is 8.02. The van der Waals surface area contributed by atoms with Crippen LogP contribution in [0.2, 0.25) is 0 Å². The summed E-state index contributed by atoms with van der Waals surface area (Å²) >= 11 is 0. The molecule has 0 fully saturated rings. The molecule has 0 aromatic carbocycles. The van der Waals surface area contributed by atoms with Gasteiger partial charge in [-0.05, 0) is 12.8 Å². The second kappa shape index (κ2) is 16.3. The molecule has 18 heavy (non-hydrogen) atoms. The third-order valence-electron chi connectivity index (χ3n) is 3.15. The fraction of sp³-hybridized carbons (Fsp3) is 0.778. The van der Waals surface area contributed by atoms with Crippen molar-refractivity contribution >= 4 is 0 Å². The number of hydrogen-bond acceptors (Lipinski definition) is 0. The third kappa shape index (κ3) is 15.3. The molecule has 0 saturated heterocycles. The first kappa shape index (κ1) is 17.3. The summed E-state index contributed by atoms with van der Waals surface area (Å²) in [5.74, 6) is 6.47. The predicted molar refractivity (Wildman–Crippen MR) is 83.7 cm³/mol. The maximum atomic E-state index is 3.26. The molecule has 104 valence electrons. The van der Waals surface area contributed by atoms with Gasteiger partial charge in [0.15, 0.2) is 0 Å². The summed E-state index contributed by atoms with van der Waals surface area (Å²) in [5, 5.41) is 0. The van der Waals surface area contributed by atoms with Crippen LogP contribution in [0.25, 0.3) is 0 Å². The molecule has 0 radical (unpaired) electrons. The molecule has 0 spiro atoms. The second-order valence-electron chi connectivity index (χ2n) is 5.02. The van der Waals surface area contributed by atoms with Crippen molar-refractivity contribution in [3.8, 4) is 11.8 Å². The molecular formula is C18H32. The maximum Gasteiger partial charge on any atom is 0.0269 e. The molecule has 0 aliphatic heterocycles. The van der Waals surface area contributed by atoms with Crippen molar-refractivity contribution in [2.24, 2.45) is 0 Å². The SMILES string of the molecule is CC/C=C/CC#CCCCCCCCCCCC. The van der Waals surface area contributed by atoms with Crippen LogP contribution < -0.4 is 0 Å². The monoisotopic (exact) mass is 248 g/mol. The summed E-state index contributed by atoms with van der Waals surface area (Å²) in [4.78, 5) is 0. The van der Waals surface area contributed by atoms with Crippen LogP contribution in [0, 0.1) is 11.8 Å². The lowest BCUT2D eigenvalue weighted by Crippen LogP contribution is -1.80. The van der Waals surface area contributed by atoms with E-state index in [1.807, 2.05) is 0 Å². The van der Waals surface area contributed by atoms with Crippen LogP contribution in [0.5, 0.6) is 0 Å². The summed E-state index contributed by atoms with van der Waals surface area (Å²) in [6, 6.07) is 0. The summed E-state index contributed by atoms with van der Waals surface area (Å²) < 4.78 is 0. The van der Waals surface area contributed by atoms with E-state index >= 15 is 0 Å². The van der Waals surface area contributed by atoms with Crippen LogP contribution in [-0.4, -0.2) is 0 Å². The maximum absolute atomic E-state index is 3.26. The average molecular weight is 248 g/mol. The van der Waals surface area contributed by atoms with Crippen molar-refractivity contribution in [3.63, 3.8) is 0 Å². The number of hydrogen-bond donors (Lipinski definition) is 0. The Morgan fingerprint density at radius 3 is 1.89 bits per heavy atom. The van der Waals surface area contributed by atoms with Crippen LogP contribution >= 0.6 is 0 Å². The van der Waals surface area contributed by atoms with Gasteiger partial charge in [-0.1, -0.05) is 83.3 Å². The predicted octanol–water partition coefficient (Wildman–Crippen LogP) is 6.27.